The number of anilines is 1. The molecule has 1 aromatic carbocycles. The predicted octanol–water partition coefficient (Wildman–Crippen LogP) is 2.32. The van der Waals surface area contributed by atoms with Crippen LogP contribution in [-0.2, 0) is 0 Å². The summed E-state index contributed by atoms with van der Waals surface area (Å²) in [5.74, 6) is 0.855. The molecule has 3 rings (SSSR count). The minimum Gasteiger partial charge on any atom is -0.491 e. The minimum absolute atomic E-state index is 0.330. The highest BCUT2D eigenvalue weighted by atomic mass is 32.1. The first-order valence-electron chi connectivity index (χ1n) is 8.37. The molecule has 0 amide bonds. The average molecular weight is 347 g/mol. The van der Waals surface area contributed by atoms with E-state index in [0.717, 1.165) is 42.6 Å². The Hall–Kier alpha value is -1.63. The van der Waals surface area contributed by atoms with E-state index in [0.29, 0.717) is 13.2 Å². The molecule has 2 heterocycles. The maximum absolute atomic E-state index is 10.3. The van der Waals surface area contributed by atoms with Gasteiger partial charge < -0.3 is 14.7 Å². The molecule has 0 aliphatic carbocycles. The number of ether oxygens (including phenoxy) is 1. The lowest BCUT2D eigenvalue weighted by Gasteiger charge is -2.35. The van der Waals surface area contributed by atoms with Gasteiger partial charge in [0.2, 0.25) is 0 Å². The van der Waals surface area contributed by atoms with Crippen molar-refractivity contribution in [2.45, 2.75) is 20.0 Å². The van der Waals surface area contributed by atoms with E-state index in [9.17, 15) is 5.11 Å². The van der Waals surface area contributed by atoms with E-state index in [-0.39, 0.29) is 0 Å². The Balaban J connectivity index is 1.42. The standard InChI is InChI=1S/C18H25N3O2S/c1-14-3-4-17(15(2)11-14)23-13-16(22)12-20-6-8-21(9-7-20)18-19-5-10-24-18/h3-5,10-11,16,22H,6-9,12-13H2,1-2H3. The van der Waals surface area contributed by atoms with Gasteiger partial charge in [0.05, 0.1) is 0 Å². The highest BCUT2D eigenvalue weighted by Gasteiger charge is 2.20. The fraction of sp³-hybridized carbons (Fsp3) is 0.500. The first-order valence-corrected chi connectivity index (χ1v) is 9.24. The second kappa shape index (κ2) is 7.96. The van der Waals surface area contributed by atoms with Gasteiger partial charge in [0.25, 0.3) is 0 Å². The Labute approximate surface area is 147 Å². The molecule has 1 aliphatic heterocycles. The quantitative estimate of drug-likeness (QED) is 0.869. The van der Waals surface area contributed by atoms with Crippen molar-refractivity contribution in [2.75, 3.05) is 44.2 Å². The van der Waals surface area contributed by atoms with Crippen LogP contribution in [0.4, 0.5) is 5.13 Å². The number of β-amino-alcohol motifs (C(OH)–C–C–N with tert-alkyl or cyclic N) is 1. The third kappa shape index (κ3) is 4.47. The molecule has 2 aromatic rings. The smallest absolute Gasteiger partial charge is 0.185 e. The van der Waals surface area contributed by atoms with Crippen molar-refractivity contribution in [1.82, 2.24) is 9.88 Å². The van der Waals surface area contributed by atoms with Crippen molar-refractivity contribution < 1.29 is 9.84 Å². The molecule has 1 unspecified atom stereocenters. The zero-order chi connectivity index (χ0) is 16.9. The fourth-order valence-corrected chi connectivity index (χ4v) is 3.69. The van der Waals surface area contributed by atoms with Crippen LogP contribution < -0.4 is 9.64 Å². The molecular formula is C18H25N3O2S. The largest absolute Gasteiger partial charge is 0.491 e. The Kier molecular flexibility index (Phi) is 5.71. The molecule has 6 heteroatoms. The molecule has 0 radical (unpaired) electrons. The van der Waals surface area contributed by atoms with Crippen LogP contribution in [0.1, 0.15) is 11.1 Å². The lowest BCUT2D eigenvalue weighted by molar-refractivity contribution is 0.0661. The summed E-state index contributed by atoms with van der Waals surface area (Å²) in [4.78, 5) is 8.96. The average Bonchev–Trinajstić information content (AvgIpc) is 3.09. The summed E-state index contributed by atoms with van der Waals surface area (Å²) in [6.07, 6.45) is 1.37. The molecular weight excluding hydrogens is 322 g/mol. The van der Waals surface area contributed by atoms with Gasteiger partial charge in [-0.3, -0.25) is 4.90 Å². The summed E-state index contributed by atoms with van der Waals surface area (Å²) in [7, 11) is 0. The molecule has 0 bridgehead atoms. The van der Waals surface area contributed by atoms with E-state index in [1.807, 2.05) is 30.6 Å². The molecule has 1 aromatic heterocycles. The van der Waals surface area contributed by atoms with Gasteiger partial charge in [-0.15, -0.1) is 11.3 Å². The van der Waals surface area contributed by atoms with Gasteiger partial charge in [-0.05, 0) is 25.5 Å². The van der Waals surface area contributed by atoms with Crippen LogP contribution in [0.25, 0.3) is 0 Å². The maximum Gasteiger partial charge on any atom is 0.185 e. The van der Waals surface area contributed by atoms with Crippen LogP contribution in [0.2, 0.25) is 0 Å². The molecule has 24 heavy (non-hydrogen) atoms. The molecule has 0 spiro atoms. The number of thiazole rings is 1. The highest BCUT2D eigenvalue weighted by molar-refractivity contribution is 7.13. The number of benzene rings is 1. The fourth-order valence-electron chi connectivity index (χ4n) is 2.99. The number of aromatic nitrogens is 1. The Morgan fingerprint density at radius 2 is 2.04 bits per heavy atom. The van der Waals surface area contributed by atoms with Gasteiger partial charge in [0, 0.05) is 44.3 Å². The van der Waals surface area contributed by atoms with E-state index in [2.05, 4.69) is 27.8 Å². The van der Waals surface area contributed by atoms with Crippen molar-refractivity contribution in [3.05, 3.63) is 40.9 Å². The monoisotopic (exact) mass is 347 g/mol. The number of piperazine rings is 1. The molecule has 1 saturated heterocycles. The molecule has 0 saturated carbocycles. The highest BCUT2D eigenvalue weighted by Crippen LogP contribution is 2.20. The van der Waals surface area contributed by atoms with Crippen molar-refractivity contribution in [3.63, 3.8) is 0 Å². The van der Waals surface area contributed by atoms with E-state index < -0.39 is 6.10 Å². The lowest BCUT2D eigenvalue weighted by atomic mass is 10.1. The van der Waals surface area contributed by atoms with Gasteiger partial charge in [-0.2, -0.15) is 0 Å². The molecule has 130 valence electrons. The van der Waals surface area contributed by atoms with Crippen LogP contribution in [0.3, 0.4) is 0 Å². The molecule has 1 aliphatic rings. The van der Waals surface area contributed by atoms with E-state index >= 15 is 0 Å². The van der Waals surface area contributed by atoms with E-state index in [1.54, 1.807) is 11.3 Å². The van der Waals surface area contributed by atoms with Crippen LogP contribution in [0.5, 0.6) is 5.75 Å². The third-order valence-electron chi connectivity index (χ3n) is 4.29. The SMILES string of the molecule is Cc1ccc(OCC(O)CN2CCN(c3nccs3)CC2)c(C)c1. The summed E-state index contributed by atoms with van der Waals surface area (Å²) in [6.45, 7) is 8.88. The summed E-state index contributed by atoms with van der Waals surface area (Å²) in [6, 6.07) is 6.11. The number of nitrogens with zero attached hydrogens (tertiary/aromatic N) is 3. The Morgan fingerprint density at radius 1 is 1.25 bits per heavy atom. The number of hydrogen-bond donors (Lipinski definition) is 1. The minimum atomic E-state index is -0.475. The summed E-state index contributed by atoms with van der Waals surface area (Å²) >= 11 is 1.68. The second-order valence-electron chi connectivity index (χ2n) is 6.34. The van der Waals surface area contributed by atoms with E-state index in [4.69, 9.17) is 4.74 Å². The number of aliphatic hydroxyl groups excluding tert-OH is 1. The zero-order valence-electron chi connectivity index (χ0n) is 14.3. The summed E-state index contributed by atoms with van der Waals surface area (Å²) in [5.41, 5.74) is 2.33. The van der Waals surface area contributed by atoms with Crippen molar-refractivity contribution >= 4 is 16.5 Å². The van der Waals surface area contributed by atoms with Crippen LogP contribution in [0.15, 0.2) is 29.8 Å². The maximum atomic E-state index is 10.3. The molecule has 5 nitrogen and oxygen atoms in total. The predicted molar refractivity (Wildman–Crippen MR) is 98.2 cm³/mol. The number of hydrogen-bond acceptors (Lipinski definition) is 6. The number of aryl methyl sites for hydroxylation is 2. The Bertz CT molecular complexity index is 640. The Morgan fingerprint density at radius 3 is 2.71 bits per heavy atom. The van der Waals surface area contributed by atoms with Gasteiger partial charge in [-0.25, -0.2) is 4.98 Å². The lowest BCUT2D eigenvalue weighted by Crippen LogP contribution is -2.49. The van der Waals surface area contributed by atoms with Crippen LogP contribution >= 0.6 is 11.3 Å². The first kappa shape index (κ1) is 17.2. The molecule has 1 fully saturated rings. The van der Waals surface area contributed by atoms with Gasteiger partial charge in [0.1, 0.15) is 18.5 Å². The first-order chi connectivity index (χ1) is 11.6. The van der Waals surface area contributed by atoms with Gasteiger partial charge in [0.15, 0.2) is 5.13 Å². The van der Waals surface area contributed by atoms with Crippen molar-refractivity contribution in [1.29, 1.82) is 0 Å². The van der Waals surface area contributed by atoms with E-state index in [1.165, 1.54) is 5.56 Å². The van der Waals surface area contributed by atoms with Crippen molar-refractivity contribution in [3.8, 4) is 5.75 Å². The van der Waals surface area contributed by atoms with Crippen LogP contribution in [-0.4, -0.2) is 60.4 Å². The molecule has 1 N–H and O–H groups in total. The number of aliphatic hydroxyl groups is 1. The third-order valence-corrected chi connectivity index (χ3v) is 5.12. The number of rotatable bonds is 6. The summed E-state index contributed by atoms with van der Waals surface area (Å²) < 4.78 is 5.78. The topological polar surface area (TPSA) is 48.8 Å². The summed E-state index contributed by atoms with van der Waals surface area (Å²) in [5, 5.41) is 13.4. The van der Waals surface area contributed by atoms with Gasteiger partial charge >= 0.3 is 0 Å². The normalized spacial score (nSPS) is 17.0. The molecule has 1 atom stereocenters. The van der Waals surface area contributed by atoms with Crippen LogP contribution in [0, 0.1) is 13.8 Å². The van der Waals surface area contributed by atoms with Crippen molar-refractivity contribution in [2.24, 2.45) is 0 Å². The zero-order valence-corrected chi connectivity index (χ0v) is 15.1. The van der Waals surface area contributed by atoms with Gasteiger partial charge in [-0.1, -0.05) is 17.7 Å². The second-order valence-corrected chi connectivity index (χ2v) is 7.21.